The van der Waals surface area contributed by atoms with Crippen molar-refractivity contribution >= 4 is 5.97 Å². The second-order valence-electron chi connectivity index (χ2n) is 6.43. The van der Waals surface area contributed by atoms with Gasteiger partial charge in [0.15, 0.2) is 0 Å². The van der Waals surface area contributed by atoms with Gasteiger partial charge in [0.2, 0.25) is 0 Å². The summed E-state index contributed by atoms with van der Waals surface area (Å²) in [4.78, 5) is 10.4. The van der Waals surface area contributed by atoms with Gasteiger partial charge in [-0.25, -0.2) is 0 Å². The van der Waals surface area contributed by atoms with Crippen LogP contribution in [0.25, 0.3) is 0 Å². The van der Waals surface area contributed by atoms with Crippen molar-refractivity contribution in [2.45, 2.75) is 57.7 Å². The van der Waals surface area contributed by atoms with Crippen molar-refractivity contribution in [3.8, 4) is 0 Å². The number of hydrogen-bond acceptors (Lipinski definition) is 4. The number of carboxylic acid groups (broad SMARTS) is 1. The normalized spacial score (nSPS) is 29.6. The summed E-state index contributed by atoms with van der Waals surface area (Å²) in [5.41, 5.74) is 0. The number of rotatable bonds is 12. The molecule has 0 aliphatic carbocycles. The second kappa shape index (κ2) is 10.1. The van der Waals surface area contributed by atoms with Crippen molar-refractivity contribution in [2.75, 3.05) is 26.4 Å². The number of allylic oxidation sites excluding steroid dienone is 1. The highest BCUT2D eigenvalue weighted by molar-refractivity contribution is 5.66. The molecule has 0 aromatic heterocycles. The molecule has 0 radical (unpaired) electrons. The van der Waals surface area contributed by atoms with Crippen molar-refractivity contribution < 1.29 is 24.1 Å². The Morgan fingerprint density at radius 2 is 1.96 bits per heavy atom. The molecule has 0 spiro atoms. The molecule has 4 unspecified atom stereocenters. The van der Waals surface area contributed by atoms with Crippen LogP contribution < -0.4 is 0 Å². The molecule has 2 heterocycles. The number of hydrogen-bond donors (Lipinski definition) is 1. The van der Waals surface area contributed by atoms with Gasteiger partial charge in [-0.15, -0.1) is 0 Å². The van der Waals surface area contributed by atoms with Gasteiger partial charge in [0, 0.05) is 25.6 Å². The molecule has 2 saturated heterocycles. The molecule has 2 bridgehead atoms. The summed E-state index contributed by atoms with van der Waals surface area (Å²) in [6.45, 7) is 4.77. The topological polar surface area (TPSA) is 65.0 Å². The number of aliphatic carboxylic acids is 1. The minimum atomic E-state index is -0.760. The van der Waals surface area contributed by atoms with Crippen LogP contribution in [-0.4, -0.2) is 49.7 Å². The van der Waals surface area contributed by atoms with Crippen LogP contribution in [0, 0.1) is 11.8 Å². The van der Waals surface area contributed by atoms with Gasteiger partial charge in [-0.3, -0.25) is 4.79 Å². The highest BCUT2D eigenvalue weighted by Gasteiger charge is 2.48. The quantitative estimate of drug-likeness (QED) is 0.441. The largest absolute Gasteiger partial charge is 0.481 e. The molecular weight excluding hydrogens is 296 g/mol. The van der Waals surface area contributed by atoms with E-state index >= 15 is 0 Å². The van der Waals surface area contributed by atoms with E-state index in [2.05, 4.69) is 19.1 Å². The average molecular weight is 326 g/mol. The zero-order chi connectivity index (χ0) is 16.5. The number of fused-ring (bicyclic) bond motifs is 2. The van der Waals surface area contributed by atoms with Crippen molar-refractivity contribution in [3.63, 3.8) is 0 Å². The third kappa shape index (κ3) is 5.90. The van der Waals surface area contributed by atoms with Crippen LogP contribution in [0.1, 0.15) is 45.4 Å². The first kappa shape index (κ1) is 18.4. The minimum absolute atomic E-state index is 0.180. The molecule has 1 N–H and O–H groups in total. The monoisotopic (exact) mass is 326 g/mol. The average Bonchev–Trinajstić information content (AvgIpc) is 3.12. The van der Waals surface area contributed by atoms with E-state index in [0.717, 1.165) is 32.3 Å². The lowest BCUT2D eigenvalue weighted by Crippen LogP contribution is -2.31. The molecule has 23 heavy (non-hydrogen) atoms. The van der Waals surface area contributed by atoms with E-state index in [1.165, 1.54) is 0 Å². The maximum Gasteiger partial charge on any atom is 0.303 e. The molecule has 5 nitrogen and oxygen atoms in total. The molecule has 2 rings (SSSR count). The fraction of sp³-hybridized carbons (Fsp3) is 0.833. The first-order valence-electron chi connectivity index (χ1n) is 8.90. The summed E-state index contributed by atoms with van der Waals surface area (Å²) in [7, 11) is 0. The first-order valence-corrected chi connectivity index (χ1v) is 8.90. The molecule has 5 heteroatoms. The van der Waals surface area contributed by atoms with Gasteiger partial charge in [0.25, 0.3) is 0 Å². The molecule has 2 fully saturated rings. The lowest BCUT2D eigenvalue weighted by atomic mass is 9.78. The Morgan fingerprint density at radius 1 is 1.17 bits per heavy atom. The highest BCUT2D eigenvalue weighted by atomic mass is 16.5. The van der Waals surface area contributed by atoms with Gasteiger partial charge in [0.1, 0.15) is 0 Å². The van der Waals surface area contributed by atoms with E-state index in [4.69, 9.17) is 19.3 Å². The summed E-state index contributed by atoms with van der Waals surface area (Å²) < 4.78 is 17.4. The van der Waals surface area contributed by atoms with Gasteiger partial charge in [-0.2, -0.15) is 0 Å². The lowest BCUT2D eigenvalue weighted by Gasteiger charge is -2.27. The second-order valence-corrected chi connectivity index (χ2v) is 6.43. The molecule has 0 aromatic rings. The summed E-state index contributed by atoms with van der Waals surface area (Å²) in [5, 5.41) is 8.59. The third-order valence-corrected chi connectivity index (χ3v) is 4.79. The summed E-state index contributed by atoms with van der Waals surface area (Å²) in [6, 6.07) is 0. The van der Waals surface area contributed by atoms with Crippen LogP contribution in [-0.2, 0) is 19.0 Å². The number of ether oxygens (including phenoxy) is 3. The molecule has 0 amide bonds. The Hall–Kier alpha value is -0.910. The Kier molecular flexibility index (Phi) is 8.06. The minimum Gasteiger partial charge on any atom is -0.481 e. The summed E-state index contributed by atoms with van der Waals surface area (Å²) >= 11 is 0. The predicted octanol–water partition coefficient (Wildman–Crippen LogP) is 3.03. The van der Waals surface area contributed by atoms with Gasteiger partial charge in [-0.1, -0.05) is 19.1 Å². The van der Waals surface area contributed by atoms with Crippen LogP contribution in [0.3, 0.4) is 0 Å². The van der Waals surface area contributed by atoms with Gasteiger partial charge >= 0.3 is 5.97 Å². The van der Waals surface area contributed by atoms with E-state index in [1.807, 2.05) is 0 Å². The Balaban J connectivity index is 1.64. The van der Waals surface area contributed by atoms with Crippen LogP contribution in [0.2, 0.25) is 0 Å². The Morgan fingerprint density at radius 3 is 2.70 bits per heavy atom. The molecule has 2 aliphatic rings. The lowest BCUT2D eigenvalue weighted by molar-refractivity contribution is -0.137. The number of carboxylic acids is 1. The number of carbonyl (C=O) groups is 1. The van der Waals surface area contributed by atoms with Crippen molar-refractivity contribution in [2.24, 2.45) is 11.8 Å². The molecule has 4 atom stereocenters. The molecule has 0 aromatic carbocycles. The van der Waals surface area contributed by atoms with Crippen molar-refractivity contribution in [3.05, 3.63) is 12.2 Å². The van der Waals surface area contributed by atoms with E-state index in [0.29, 0.717) is 50.3 Å². The van der Waals surface area contributed by atoms with Crippen molar-refractivity contribution in [1.82, 2.24) is 0 Å². The SMILES string of the molecule is CCC=CCOCC1C2CCC(O2)C1CCOCCCC(=O)O. The van der Waals surface area contributed by atoms with Crippen LogP contribution in [0.4, 0.5) is 0 Å². The maximum absolute atomic E-state index is 10.4. The third-order valence-electron chi connectivity index (χ3n) is 4.79. The van der Waals surface area contributed by atoms with E-state index < -0.39 is 5.97 Å². The van der Waals surface area contributed by atoms with Crippen LogP contribution in [0.5, 0.6) is 0 Å². The standard InChI is InChI=1S/C18H30O5/c1-2-3-4-10-22-13-15-14(16-7-8-17(15)23-16)9-12-21-11-5-6-18(19)20/h3-4,14-17H,2,5-13H2,1H3,(H,19,20). The molecular formula is C18H30O5. The zero-order valence-corrected chi connectivity index (χ0v) is 14.1. The van der Waals surface area contributed by atoms with Gasteiger partial charge in [0.05, 0.1) is 25.4 Å². The van der Waals surface area contributed by atoms with Crippen LogP contribution >= 0.6 is 0 Å². The predicted molar refractivity (Wildman–Crippen MR) is 87.4 cm³/mol. The summed E-state index contributed by atoms with van der Waals surface area (Å²) in [5.74, 6) is 0.235. The smallest absolute Gasteiger partial charge is 0.303 e. The fourth-order valence-corrected chi connectivity index (χ4v) is 3.66. The van der Waals surface area contributed by atoms with E-state index in [1.54, 1.807) is 0 Å². The fourth-order valence-electron chi connectivity index (χ4n) is 3.66. The maximum atomic E-state index is 10.4. The Bertz CT molecular complexity index is 382. The van der Waals surface area contributed by atoms with Crippen LogP contribution in [0.15, 0.2) is 12.2 Å². The van der Waals surface area contributed by atoms with E-state index in [9.17, 15) is 4.79 Å². The van der Waals surface area contributed by atoms with Gasteiger partial charge < -0.3 is 19.3 Å². The zero-order valence-electron chi connectivity index (χ0n) is 14.1. The molecule has 2 aliphatic heterocycles. The first-order chi connectivity index (χ1) is 11.2. The molecule has 0 saturated carbocycles. The van der Waals surface area contributed by atoms with Gasteiger partial charge in [-0.05, 0) is 38.0 Å². The van der Waals surface area contributed by atoms with E-state index in [-0.39, 0.29) is 6.42 Å². The Labute approximate surface area is 139 Å². The highest BCUT2D eigenvalue weighted by Crippen LogP contribution is 2.45. The summed E-state index contributed by atoms with van der Waals surface area (Å²) in [6.07, 6.45) is 10.0. The molecule has 132 valence electrons. The van der Waals surface area contributed by atoms with Crippen molar-refractivity contribution in [1.29, 1.82) is 0 Å².